The maximum absolute atomic E-state index is 13.2. The number of hydrogen-bond donors (Lipinski definition) is 1. The van der Waals surface area contributed by atoms with E-state index in [2.05, 4.69) is 28.2 Å². The lowest BCUT2D eigenvalue weighted by molar-refractivity contribution is 0.200. The third-order valence-electron chi connectivity index (χ3n) is 2.61. The quantitative estimate of drug-likeness (QED) is 0.776. The Morgan fingerprint density at radius 1 is 1.50 bits per heavy atom. The number of rotatable bonds is 7. The SMILES string of the molecule is CC/C(=C/c1cc(F)ccc1Br)CNCCOC. The highest BCUT2D eigenvalue weighted by atomic mass is 79.9. The summed E-state index contributed by atoms with van der Waals surface area (Å²) in [5.74, 6) is -0.216. The first-order valence-electron chi connectivity index (χ1n) is 6.01. The van der Waals surface area contributed by atoms with Gasteiger partial charge in [0.25, 0.3) is 0 Å². The predicted molar refractivity (Wildman–Crippen MR) is 77.1 cm³/mol. The summed E-state index contributed by atoms with van der Waals surface area (Å²) in [6.07, 6.45) is 2.95. The molecule has 1 aromatic rings. The molecule has 1 N–H and O–H groups in total. The van der Waals surface area contributed by atoms with Gasteiger partial charge in [0.1, 0.15) is 5.82 Å². The molecule has 1 aromatic carbocycles. The van der Waals surface area contributed by atoms with Gasteiger partial charge in [0.05, 0.1) is 6.61 Å². The van der Waals surface area contributed by atoms with Crippen molar-refractivity contribution >= 4 is 22.0 Å². The summed E-state index contributed by atoms with van der Waals surface area (Å²) in [6.45, 7) is 4.40. The minimum atomic E-state index is -0.216. The highest BCUT2D eigenvalue weighted by Crippen LogP contribution is 2.21. The van der Waals surface area contributed by atoms with Gasteiger partial charge in [-0.2, -0.15) is 0 Å². The van der Waals surface area contributed by atoms with Crippen LogP contribution in [0.4, 0.5) is 4.39 Å². The highest BCUT2D eigenvalue weighted by Gasteiger charge is 2.01. The van der Waals surface area contributed by atoms with Crippen molar-refractivity contribution in [3.63, 3.8) is 0 Å². The second-order valence-corrected chi connectivity index (χ2v) is 4.85. The first-order chi connectivity index (χ1) is 8.67. The highest BCUT2D eigenvalue weighted by molar-refractivity contribution is 9.10. The summed E-state index contributed by atoms with van der Waals surface area (Å²) in [4.78, 5) is 0. The Bertz CT molecular complexity index is 407. The Hall–Kier alpha value is -0.710. The standard InChI is InChI=1S/C14H19BrFNO/c1-3-11(10-17-6-7-18-2)8-12-9-13(16)4-5-14(12)15/h4-5,8-9,17H,3,6-7,10H2,1-2H3/b11-8-. The van der Waals surface area contributed by atoms with Gasteiger partial charge in [-0.05, 0) is 30.2 Å². The zero-order chi connectivity index (χ0) is 13.4. The lowest BCUT2D eigenvalue weighted by atomic mass is 10.1. The largest absolute Gasteiger partial charge is 0.383 e. The second-order valence-electron chi connectivity index (χ2n) is 3.99. The summed E-state index contributed by atoms with van der Waals surface area (Å²) < 4.78 is 19.1. The molecular formula is C14H19BrFNO. The molecule has 1 rings (SSSR count). The van der Waals surface area contributed by atoms with Crippen molar-refractivity contribution in [1.82, 2.24) is 5.32 Å². The van der Waals surface area contributed by atoms with E-state index < -0.39 is 0 Å². The van der Waals surface area contributed by atoms with Gasteiger partial charge in [0.15, 0.2) is 0 Å². The number of halogens is 2. The first kappa shape index (κ1) is 15.3. The van der Waals surface area contributed by atoms with E-state index in [1.54, 1.807) is 13.2 Å². The molecule has 18 heavy (non-hydrogen) atoms. The molecule has 0 heterocycles. The molecule has 100 valence electrons. The van der Waals surface area contributed by atoms with Gasteiger partial charge in [0, 0.05) is 24.7 Å². The van der Waals surface area contributed by atoms with Gasteiger partial charge in [-0.3, -0.25) is 0 Å². The maximum Gasteiger partial charge on any atom is 0.123 e. The van der Waals surface area contributed by atoms with Crippen LogP contribution in [-0.2, 0) is 4.74 Å². The first-order valence-corrected chi connectivity index (χ1v) is 6.80. The lowest BCUT2D eigenvalue weighted by Crippen LogP contribution is -2.21. The molecule has 0 aliphatic rings. The predicted octanol–water partition coefficient (Wildman–Crippen LogP) is 3.62. The van der Waals surface area contributed by atoms with Crippen LogP contribution in [0.5, 0.6) is 0 Å². The number of hydrogen-bond acceptors (Lipinski definition) is 2. The Morgan fingerprint density at radius 3 is 2.94 bits per heavy atom. The summed E-state index contributed by atoms with van der Waals surface area (Å²) in [6, 6.07) is 4.71. The molecule has 0 spiro atoms. The van der Waals surface area contributed by atoms with Crippen LogP contribution in [-0.4, -0.2) is 26.8 Å². The van der Waals surface area contributed by atoms with E-state index in [0.717, 1.165) is 29.5 Å². The molecule has 0 fully saturated rings. The third-order valence-corrected chi connectivity index (χ3v) is 3.33. The van der Waals surface area contributed by atoms with E-state index in [0.29, 0.717) is 6.61 Å². The Labute approximate surface area is 116 Å². The monoisotopic (exact) mass is 315 g/mol. The van der Waals surface area contributed by atoms with E-state index >= 15 is 0 Å². The molecule has 0 saturated heterocycles. The zero-order valence-corrected chi connectivity index (χ0v) is 12.4. The fraction of sp³-hybridized carbons (Fsp3) is 0.429. The number of benzene rings is 1. The minimum Gasteiger partial charge on any atom is -0.383 e. The molecule has 0 unspecified atom stereocenters. The molecule has 0 saturated carbocycles. The van der Waals surface area contributed by atoms with E-state index in [4.69, 9.17) is 4.74 Å². The van der Waals surface area contributed by atoms with E-state index in [1.807, 2.05) is 6.08 Å². The Kier molecular flexibility index (Phi) is 7.16. The van der Waals surface area contributed by atoms with Crippen molar-refractivity contribution in [3.05, 3.63) is 39.6 Å². The van der Waals surface area contributed by atoms with Crippen LogP contribution in [0.1, 0.15) is 18.9 Å². The number of methoxy groups -OCH3 is 1. The molecule has 0 atom stereocenters. The molecule has 2 nitrogen and oxygen atoms in total. The van der Waals surface area contributed by atoms with Crippen LogP contribution in [0.15, 0.2) is 28.2 Å². The number of nitrogens with one attached hydrogen (secondary N) is 1. The maximum atomic E-state index is 13.2. The molecular weight excluding hydrogens is 297 g/mol. The molecule has 0 aliphatic heterocycles. The smallest absolute Gasteiger partial charge is 0.123 e. The molecule has 0 radical (unpaired) electrons. The minimum absolute atomic E-state index is 0.216. The van der Waals surface area contributed by atoms with Crippen LogP contribution in [0.2, 0.25) is 0 Å². The molecule has 0 bridgehead atoms. The molecule has 0 amide bonds. The Morgan fingerprint density at radius 2 is 2.28 bits per heavy atom. The van der Waals surface area contributed by atoms with E-state index in [9.17, 15) is 4.39 Å². The van der Waals surface area contributed by atoms with Crippen LogP contribution in [0.25, 0.3) is 6.08 Å². The zero-order valence-electron chi connectivity index (χ0n) is 10.8. The fourth-order valence-corrected chi connectivity index (χ4v) is 1.91. The van der Waals surface area contributed by atoms with Gasteiger partial charge in [-0.15, -0.1) is 0 Å². The van der Waals surface area contributed by atoms with Crippen LogP contribution >= 0.6 is 15.9 Å². The average Bonchev–Trinajstić information content (AvgIpc) is 2.37. The van der Waals surface area contributed by atoms with Crippen molar-refractivity contribution in [2.45, 2.75) is 13.3 Å². The van der Waals surface area contributed by atoms with Gasteiger partial charge in [-0.1, -0.05) is 34.5 Å². The lowest BCUT2D eigenvalue weighted by Gasteiger charge is -2.08. The van der Waals surface area contributed by atoms with Crippen LogP contribution in [0.3, 0.4) is 0 Å². The summed E-state index contributed by atoms with van der Waals surface area (Å²) in [5, 5.41) is 3.29. The van der Waals surface area contributed by atoms with Crippen LogP contribution in [0, 0.1) is 5.82 Å². The second kappa shape index (κ2) is 8.40. The normalized spacial score (nSPS) is 11.9. The number of ether oxygens (including phenoxy) is 1. The van der Waals surface area contributed by atoms with Crippen molar-refractivity contribution < 1.29 is 9.13 Å². The Balaban J connectivity index is 2.68. The molecule has 0 aromatic heterocycles. The van der Waals surface area contributed by atoms with Crippen LogP contribution < -0.4 is 5.32 Å². The summed E-state index contributed by atoms with van der Waals surface area (Å²) in [5.41, 5.74) is 2.11. The topological polar surface area (TPSA) is 21.3 Å². The van der Waals surface area contributed by atoms with Crippen molar-refractivity contribution in [1.29, 1.82) is 0 Å². The molecule has 4 heteroatoms. The van der Waals surface area contributed by atoms with Crippen molar-refractivity contribution in [3.8, 4) is 0 Å². The molecule has 0 aliphatic carbocycles. The van der Waals surface area contributed by atoms with E-state index in [1.165, 1.54) is 17.7 Å². The van der Waals surface area contributed by atoms with Gasteiger partial charge >= 0.3 is 0 Å². The van der Waals surface area contributed by atoms with E-state index in [-0.39, 0.29) is 5.82 Å². The third kappa shape index (κ3) is 5.29. The van der Waals surface area contributed by atoms with Gasteiger partial charge in [-0.25, -0.2) is 4.39 Å². The van der Waals surface area contributed by atoms with Gasteiger partial charge < -0.3 is 10.1 Å². The van der Waals surface area contributed by atoms with Gasteiger partial charge in [0.2, 0.25) is 0 Å². The van der Waals surface area contributed by atoms with Crippen molar-refractivity contribution in [2.75, 3.05) is 26.8 Å². The summed E-state index contributed by atoms with van der Waals surface area (Å²) >= 11 is 3.43. The fourth-order valence-electron chi connectivity index (χ4n) is 1.55. The average molecular weight is 316 g/mol. The summed E-state index contributed by atoms with van der Waals surface area (Å²) in [7, 11) is 1.68. The van der Waals surface area contributed by atoms with Crippen molar-refractivity contribution in [2.24, 2.45) is 0 Å².